The van der Waals surface area contributed by atoms with Crippen molar-refractivity contribution in [2.24, 2.45) is 15.2 Å². The van der Waals surface area contributed by atoms with Gasteiger partial charge in [-0.1, -0.05) is 24.3 Å². The highest BCUT2D eigenvalue weighted by Crippen LogP contribution is 2.17. The third kappa shape index (κ3) is 1.26. The molecule has 84 valence electrons. The van der Waals surface area contributed by atoms with Gasteiger partial charge in [-0.3, -0.25) is 4.99 Å². The molecule has 0 N–H and O–H groups in total. The van der Waals surface area contributed by atoms with E-state index in [9.17, 15) is 0 Å². The quantitative estimate of drug-likeness (QED) is 0.744. The van der Waals surface area contributed by atoms with E-state index < -0.39 is 0 Å². The van der Waals surface area contributed by atoms with Crippen LogP contribution in [0.3, 0.4) is 0 Å². The maximum atomic E-state index is 4.60. The van der Waals surface area contributed by atoms with Gasteiger partial charge in [-0.05, 0) is 18.2 Å². The van der Waals surface area contributed by atoms with Crippen LogP contribution in [0.1, 0.15) is 5.69 Å². The van der Waals surface area contributed by atoms with E-state index in [0.29, 0.717) is 0 Å². The lowest BCUT2D eigenvalue weighted by atomic mass is 10.1. The predicted molar refractivity (Wildman–Crippen MR) is 72.3 cm³/mol. The smallest absolute Gasteiger partial charge is 0.139 e. The van der Waals surface area contributed by atoms with Crippen LogP contribution < -0.4 is 0 Å². The van der Waals surface area contributed by atoms with E-state index in [-0.39, 0.29) is 0 Å². The molecule has 2 aliphatic heterocycles. The Kier molecular flexibility index (Phi) is 1.80. The van der Waals surface area contributed by atoms with Crippen LogP contribution in [0.4, 0.5) is 0 Å². The molecule has 0 radical (unpaired) electrons. The molecule has 0 bridgehead atoms. The number of rotatable bonds is 1. The first-order valence-corrected chi connectivity index (χ1v) is 5.69. The number of nitrogens with zero attached hydrogens (tertiary/aromatic N) is 4. The minimum absolute atomic E-state index is 0.751. The van der Waals surface area contributed by atoms with Gasteiger partial charge < -0.3 is 0 Å². The molecular formula is C14H8N4. The largest absolute Gasteiger partial charge is 0.252 e. The second-order valence-corrected chi connectivity index (χ2v) is 4.12. The van der Waals surface area contributed by atoms with Crippen molar-refractivity contribution in [3.8, 4) is 0 Å². The fourth-order valence-corrected chi connectivity index (χ4v) is 2.11. The van der Waals surface area contributed by atoms with Crippen molar-refractivity contribution in [1.82, 2.24) is 4.98 Å². The van der Waals surface area contributed by atoms with E-state index in [1.165, 1.54) is 0 Å². The maximum absolute atomic E-state index is 4.60. The number of pyridine rings is 1. The molecular weight excluding hydrogens is 224 g/mol. The Morgan fingerprint density at radius 2 is 1.78 bits per heavy atom. The van der Waals surface area contributed by atoms with Crippen LogP contribution >= 0.6 is 0 Å². The van der Waals surface area contributed by atoms with Gasteiger partial charge in [0.1, 0.15) is 17.1 Å². The van der Waals surface area contributed by atoms with Crippen LogP contribution in [0.5, 0.6) is 0 Å². The zero-order chi connectivity index (χ0) is 11.9. The number of allylic oxidation sites excluding steroid dienone is 1. The molecule has 2 aromatic rings. The lowest BCUT2D eigenvalue weighted by Crippen LogP contribution is -2.18. The standard InChI is InChI=1S/C14H8N4/c1-2-4-10-9(3-1)5-6-11(16-10)14-13-12(17-18-14)7-8-15-13/h1-8H. The van der Waals surface area contributed by atoms with E-state index in [1.807, 2.05) is 42.5 Å². The monoisotopic (exact) mass is 232 g/mol. The molecule has 18 heavy (non-hydrogen) atoms. The summed E-state index contributed by atoms with van der Waals surface area (Å²) in [5.41, 5.74) is 4.16. The van der Waals surface area contributed by atoms with Crippen molar-refractivity contribution in [3.63, 3.8) is 0 Å². The molecule has 4 nitrogen and oxygen atoms in total. The molecule has 4 rings (SSSR count). The minimum atomic E-state index is 0.751. The Balaban J connectivity index is 1.85. The zero-order valence-electron chi connectivity index (χ0n) is 9.41. The number of benzene rings is 1. The highest BCUT2D eigenvalue weighted by molar-refractivity contribution is 6.75. The van der Waals surface area contributed by atoms with Gasteiger partial charge in [0.05, 0.1) is 11.2 Å². The summed E-state index contributed by atoms with van der Waals surface area (Å²) in [5, 5.41) is 9.36. The van der Waals surface area contributed by atoms with Gasteiger partial charge in [0, 0.05) is 11.6 Å². The van der Waals surface area contributed by atoms with Crippen molar-refractivity contribution in [2.45, 2.75) is 0 Å². The molecule has 0 aliphatic carbocycles. The highest BCUT2D eigenvalue weighted by Gasteiger charge is 2.24. The molecule has 0 spiro atoms. The second kappa shape index (κ2) is 3.43. The number of fused-ring (bicyclic) bond motifs is 2. The molecule has 0 saturated carbocycles. The lowest BCUT2D eigenvalue weighted by molar-refractivity contribution is 1.25. The van der Waals surface area contributed by atoms with Crippen LogP contribution in [-0.4, -0.2) is 22.1 Å². The molecule has 0 atom stereocenters. The van der Waals surface area contributed by atoms with E-state index in [4.69, 9.17) is 0 Å². The van der Waals surface area contributed by atoms with Gasteiger partial charge in [0.15, 0.2) is 0 Å². The van der Waals surface area contributed by atoms with Gasteiger partial charge in [-0.2, -0.15) is 0 Å². The van der Waals surface area contributed by atoms with E-state index in [2.05, 4.69) is 20.2 Å². The Morgan fingerprint density at radius 1 is 0.833 bits per heavy atom. The third-order valence-electron chi connectivity index (χ3n) is 3.00. The number of hydrogen-bond donors (Lipinski definition) is 0. The second-order valence-electron chi connectivity index (χ2n) is 4.12. The summed E-state index contributed by atoms with van der Waals surface area (Å²) in [6.45, 7) is 0. The molecule has 0 saturated heterocycles. The number of hydrogen-bond acceptors (Lipinski definition) is 4. The summed E-state index contributed by atoms with van der Waals surface area (Å²) in [4.78, 5) is 8.88. The Morgan fingerprint density at radius 3 is 2.78 bits per heavy atom. The van der Waals surface area contributed by atoms with Crippen molar-refractivity contribution >= 4 is 28.0 Å². The molecule has 0 amide bonds. The Labute approximate surface area is 103 Å². The summed E-state index contributed by atoms with van der Waals surface area (Å²) in [6.07, 6.45) is 3.59. The van der Waals surface area contributed by atoms with Crippen molar-refractivity contribution in [1.29, 1.82) is 0 Å². The summed E-state index contributed by atoms with van der Waals surface area (Å²) in [6, 6.07) is 12.0. The molecule has 3 heterocycles. The molecule has 1 aromatic heterocycles. The molecule has 0 unspecified atom stereocenters. The summed E-state index contributed by atoms with van der Waals surface area (Å²) >= 11 is 0. The summed E-state index contributed by atoms with van der Waals surface area (Å²) < 4.78 is 0. The van der Waals surface area contributed by atoms with Crippen LogP contribution in [0, 0.1) is 0 Å². The number of para-hydroxylation sites is 1. The summed E-state index contributed by atoms with van der Waals surface area (Å²) in [7, 11) is 0. The SMILES string of the molecule is C1=CC2=NN=C(c3ccc4ccccc4n3)C2=N1. The van der Waals surface area contributed by atoms with Crippen LogP contribution in [0.25, 0.3) is 10.9 Å². The zero-order valence-corrected chi connectivity index (χ0v) is 9.41. The van der Waals surface area contributed by atoms with E-state index >= 15 is 0 Å². The average Bonchev–Trinajstić information content (AvgIpc) is 3.00. The van der Waals surface area contributed by atoms with Crippen molar-refractivity contribution in [2.75, 3.05) is 0 Å². The van der Waals surface area contributed by atoms with Crippen LogP contribution in [-0.2, 0) is 0 Å². The Bertz CT molecular complexity index is 781. The van der Waals surface area contributed by atoms with Gasteiger partial charge in [0.25, 0.3) is 0 Å². The molecule has 2 aliphatic rings. The van der Waals surface area contributed by atoms with Gasteiger partial charge in [-0.25, -0.2) is 4.98 Å². The van der Waals surface area contributed by atoms with Crippen LogP contribution in [0.2, 0.25) is 0 Å². The molecule has 0 fully saturated rings. The van der Waals surface area contributed by atoms with Gasteiger partial charge in [-0.15, -0.1) is 10.2 Å². The Hall–Kier alpha value is -2.62. The summed E-state index contributed by atoms with van der Waals surface area (Å²) in [5.74, 6) is 0. The maximum Gasteiger partial charge on any atom is 0.139 e. The minimum Gasteiger partial charge on any atom is -0.252 e. The third-order valence-corrected chi connectivity index (χ3v) is 3.00. The first-order valence-electron chi connectivity index (χ1n) is 5.69. The average molecular weight is 232 g/mol. The first-order chi connectivity index (χ1) is 8.92. The lowest BCUT2D eigenvalue weighted by Gasteiger charge is -2.02. The van der Waals surface area contributed by atoms with Crippen molar-refractivity contribution < 1.29 is 0 Å². The number of aliphatic imine (C=N–C) groups is 1. The first kappa shape index (κ1) is 9.41. The molecule has 4 heteroatoms. The fraction of sp³-hybridized carbons (Fsp3) is 0. The van der Waals surface area contributed by atoms with Gasteiger partial charge in [0.2, 0.25) is 0 Å². The van der Waals surface area contributed by atoms with E-state index in [0.717, 1.165) is 33.7 Å². The van der Waals surface area contributed by atoms with Gasteiger partial charge >= 0.3 is 0 Å². The van der Waals surface area contributed by atoms with Crippen molar-refractivity contribution in [3.05, 3.63) is 54.4 Å². The normalized spacial score (nSPS) is 16.6. The fourth-order valence-electron chi connectivity index (χ4n) is 2.11. The topological polar surface area (TPSA) is 50.0 Å². The van der Waals surface area contributed by atoms with E-state index in [1.54, 1.807) is 6.20 Å². The van der Waals surface area contributed by atoms with Crippen LogP contribution in [0.15, 0.2) is 63.9 Å². The highest BCUT2D eigenvalue weighted by atomic mass is 15.3. The number of aromatic nitrogens is 1. The molecule has 1 aromatic carbocycles. The predicted octanol–water partition coefficient (Wildman–Crippen LogP) is 2.36.